The lowest BCUT2D eigenvalue weighted by Gasteiger charge is -2.31. The Hall–Kier alpha value is 0. The summed E-state index contributed by atoms with van der Waals surface area (Å²) in [6.07, 6.45) is 10.1. The van der Waals surface area contributed by atoms with Gasteiger partial charge in [0.2, 0.25) is 0 Å². The average Bonchev–Trinajstić information content (AvgIpc) is 2.86. The van der Waals surface area contributed by atoms with Gasteiger partial charge in [-0.2, -0.15) is 0 Å². The average molecular weight is 323 g/mol. The van der Waals surface area contributed by atoms with Gasteiger partial charge in [0.25, 0.3) is 0 Å². The van der Waals surface area contributed by atoms with E-state index in [-0.39, 0.29) is 0 Å². The summed E-state index contributed by atoms with van der Waals surface area (Å²) in [6, 6.07) is 0. The van der Waals surface area contributed by atoms with Crippen molar-refractivity contribution in [3.05, 3.63) is 0 Å². The maximum Gasteiger partial charge on any atom is -0.0360 e. The molecule has 6 unspecified atom stereocenters. The maximum absolute atomic E-state index is 2.54. The lowest BCUT2D eigenvalue weighted by atomic mass is 9.75. The highest BCUT2D eigenvalue weighted by molar-refractivity contribution is 4.84. The molecule has 138 valence electrons. The molecule has 0 N–H and O–H groups in total. The van der Waals surface area contributed by atoms with Gasteiger partial charge in [-0.25, -0.2) is 0 Å². The molecule has 6 atom stereocenters. The van der Waals surface area contributed by atoms with Crippen LogP contribution in [-0.2, 0) is 0 Å². The Labute approximate surface area is 148 Å². The van der Waals surface area contributed by atoms with Gasteiger partial charge in [0.05, 0.1) is 0 Å². The Morgan fingerprint density at radius 2 is 1.52 bits per heavy atom. The second-order valence-electron chi connectivity index (χ2n) is 9.80. The molecule has 0 aromatic rings. The quantitative estimate of drug-likeness (QED) is 0.384. The third-order valence-electron chi connectivity index (χ3n) is 7.11. The lowest BCUT2D eigenvalue weighted by molar-refractivity contribution is 0.195. The van der Waals surface area contributed by atoms with Crippen molar-refractivity contribution >= 4 is 0 Å². The summed E-state index contributed by atoms with van der Waals surface area (Å²) < 4.78 is 0. The summed E-state index contributed by atoms with van der Waals surface area (Å²) >= 11 is 0. The van der Waals surface area contributed by atoms with Gasteiger partial charge in [0, 0.05) is 0 Å². The summed E-state index contributed by atoms with van der Waals surface area (Å²) in [5, 5.41) is 0. The second kappa shape index (κ2) is 10.1. The predicted octanol–water partition coefficient (Wildman–Crippen LogP) is 7.82. The zero-order chi connectivity index (χ0) is 17.6. The van der Waals surface area contributed by atoms with Crippen molar-refractivity contribution in [2.24, 2.45) is 47.3 Å². The van der Waals surface area contributed by atoms with Gasteiger partial charge >= 0.3 is 0 Å². The highest BCUT2D eigenvalue weighted by Crippen LogP contribution is 2.44. The molecule has 23 heavy (non-hydrogen) atoms. The molecule has 0 heterocycles. The third kappa shape index (κ3) is 6.79. The van der Waals surface area contributed by atoms with Crippen molar-refractivity contribution in [3.8, 4) is 0 Å². The molecule has 1 rings (SSSR count). The Balaban J connectivity index is 2.48. The van der Waals surface area contributed by atoms with Crippen LogP contribution in [0, 0.1) is 47.3 Å². The van der Waals surface area contributed by atoms with Gasteiger partial charge < -0.3 is 0 Å². The van der Waals surface area contributed by atoms with Crippen LogP contribution < -0.4 is 0 Å². The molecule has 0 saturated heterocycles. The smallest absolute Gasteiger partial charge is 0.0360 e. The molecule has 0 aromatic carbocycles. The fraction of sp³-hybridized carbons (Fsp3) is 1.00. The highest BCUT2D eigenvalue weighted by Gasteiger charge is 2.34. The summed E-state index contributed by atoms with van der Waals surface area (Å²) in [5.74, 6) is 7.45. The van der Waals surface area contributed by atoms with Crippen molar-refractivity contribution in [3.63, 3.8) is 0 Å². The van der Waals surface area contributed by atoms with Crippen LogP contribution in [0.15, 0.2) is 0 Å². The lowest BCUT2D eigenvalue weighted by Crippen LogP contribution is -2.21. The molecule has 1 aliphatic carbocycles. The molecule has 0 bridgehead atoms. The topological polar surface area (TPSA) is 0 Å². The van der Waals surface area contributed by atoms with Crippen LogP contribution in [0.2, 0.25) is 0 Å². The van der Waals surface area contributed by atoms with Gasteiger partial charge in [-0.15, -0.1) is 0 Å². The minimum Gasteiger partial charge on any atom is -0.0651 e. The number of hydrogen-bond acceptors (Lipinski definition) is 0. The van der Waals surface area contributed by atoms with Gasteiger partial charge in [-0.1, -0.05) is 74.7 Å². The van der Waals surface area contributed by atoms with Crippen LogP contribution in [-0.4, -0.2) is 0 Å². The zero-order valence-electron chi connectivity index (χ0n) is 17.6. The molecular formula is C23H46. The molecular weight excluding hydrogens is 276 g/mol. The maximum atomic E-state index is 2.54. The van der Waals surface area contributed by atoms with E-state index in [4.69, 9.17) is 0 Å². The van der Waals surface area contributed by atoms with Crippen LogP contribution in [0.25, 0.3) is 0 Å². The first-order valence-corrected chi connectivity index (χ1v) is 10.8. The largest absolute Gasteiger partial charge is 0.0651 e. The van der Waals surface area contributed by atoms with Gasteiger partial charge in [-0.3, -0.25) is 0 Å². The summed E-state index contributed by atoms with van der Waals surface area (Å²) in [7, 11) is 0. The Kier molecular flexibility index (Phi) is 9.24. The Morgan fingerprint density at radius 1 is 0.870 bits per heavy atom. The minimum atomic E-state index is 0.858. The highest BCUT2D eigenvalue weighted by atomic mass is 14.4. The molecule has 1 saturated carbocycles. The fourth-order valence-corrected chi connectivity index (χ4v) is 5.18. The third-order valence-corrected chi connectivity index (χ3v) is 7.11. The SMILES string of the molecule is CCC(CCC1CC(C)CC1C(C)C)C(C)C(C)CCC(C)C. The molecule has 0 amide bonds. The standard InChI is InChI=1S/C23H46/c1-9-21(20(8)19(7)11-10-16(2)3)12-13-22-14-18(6)15-23(22)17(4)5/h16-23H,9-15H2,1-8H3. The molecule has 1 fully saturated rings. The normalized spacial score (nSPS) is 29.2. The molecule has 0 spiro atoms. The van der Waals surface area contributed by atoms with Crippen molar-refractivity contribution in [2.45, 2.75) is 100 Å². The first kappa shape index (κ1) is 21.0. The summed E-state index contributed by atoms with van der Waals surface area (Å²) in [6.45, 7) is 19.6. The molecule has 0 heteroatoms. The van der Waals surface area contributed by atoms with Gasteiger partial charge in [0.1, 0.15) is 0 Å². The van der Waals surface area contributed by atoms with E-state index in [0.29, 0.717) is 0 Å². The van der Waals surface area contributed by atoms with E-state index >= 15 is 0 Å². The summed E-state index contributed by atoms with van der Waals surface area (Å²) in [5.41, 5.74) is 0. The fourth-order valence-electron chi connectivity index (χ4n) is 5.18. The predicted molar refractivity (Wildman–Crippen MR) is 106 cm³/mol. The van der Waals surface area contributed by atoms with Crippen molar-refractivity contribution in [2.75, 3.05) is 0 Å². The molecule has 0 aliphatic heterocycles. The van der Waals surface area contributed by atoms with E-state index in [1.165, 1.54) is 44.9 Å². The first-order valence-electron chi connectivity index (χ1n) is 10.8. The van der Waals surface area contributed by atoms with Crippen LogP contribution in [0.1, 0.15) is 100 Å². The van der Waals surface area contributed by atoms with E-state index in [1.807, 2.05) is 0 Å². The number of rotatable bonds is 10. The number of hydrogen-bond donors (Lipinski definition) is 0. The van der Waals surface area contributed by atoms with Crippen LogP contribution in [0.5, 0.6) is 0 Å². The van der Waals surface area contributed by atoms with Crippen LogP contribution >= 0.6 is 0 Å². The van der Waals surface area contributed by atoms with Gasteiger partial charge in [0.15, 0.2) is 0 Å². The first-order chi connectivity index (χ1) is 10.8. The van der Waals surface area contributed by atoms with Crippen molar-refractivity contribution in [1.82, 2.24) is 0 Å². The van der Waals surface area contributed by atoms with E-state index in [2.05, 4.69) is 55.4 Å². The molecule has 1 aliphatic rings. The second-order valence-corrected chi connectivity index (χ2v) is 9.80. The Morgan fingerprint density at radius 3 is 2.04 bits per heavy atom. The van der Waals surface area contributed by atoms with Crippen molar-refractivity contribution in [1.29, 1.82) is 0 Å². The van der Waals surface area contributed by atoms with E-state index in [1.54, 1.807) is 0 Å². The molecule has 0 radical (unpaired) electrons. The van der Waals surface area contributed by atoms with Crippen LogP contribution in [0.4, 0.5) is 0 Å². The molecule has 0 aromatic heterocycles. The van der Waals surface area contributed by atoms with Crippen molar-refractivity contribution < 1.29 is 0 Å². The summed E-state index contributed by atoms with van der Waals surface area (Å²) in [4.78, 5) is 0. The van der Waals surface area contributed by atoms with E-state index in [0.717, 1.165) is 47.3 Å². The van der Waals surface area contributed by atoms with Gasteiger partial charge in [-0.05, 0) is 73.0 Å². The van der Waals surface area contributed by atoms with Crippen LogP contribution in [0.3, 0.4) is 0 Å². The van der Waals surface area contributed by atoms with E-state index in [9.17, 15) is 0 Å². The molecule has 0 nitrogen and oxygen atoms in total. The minimum absolute atomic E-state index is 0.858. The zero-order valence-corrected chi connectivity index (χ0v) is 17.6. The monoisotopic (exact) mass is 322 g/mol. The van der Waals surface area contributed by atoms with E-state index < -0.39 is 0 Å². The Bertz CT molecular complexity index is 303.